The average Bonchev–Trinajstić information content (AvgIpc) is 3.23. The van der Waals surface area contributed by atoms with Gasteiger partial charge in [0.05, 0.1) is 0 Å². The van der Waals surface area contributed by atoms with E-state index in [2.05, 4.69) is 12.2 Å². The molecule has 0 saturated heterocycles. The Morgan fingerprint density at radius 1 is 1.37 bits per heavy atom. The minimum atomic E-state index is 0.00856. The van der Waals surface area contributed by atoms with E-state index < -0.39 is 0 Å². The summed E-state index contributed by atoms with van der Waals surface area (Å²) in [5.74, 6) is 0.719. The fraction of sp³-hybridized carbons (Fsp3) is 0.533. The normalized spacial score (nSPS) is 14.2. The molecule has 2 rings (SSSR count). The van der Waals surface area contributed by atoms with E-state index in [0.29, 0.717) is 6.54 Å². The van der Waals surface area contributed by atoms with Gasteiger partial charge in [0.2, 0.25) is 0 Å². The second-order valence-corrected chi connectivity index (χ2v) is 5.22. The lowest BCUT2D eigenvalue weighted by molar-refractivity contribution is 0.209. The lowest BCUT2D eigenvalue weighted by Gasteiger charge is -2.22. The summed E-state index contributed by atoms with van der Waals surface area (Å²) in [6, 6.07) is 7.71. The fourth-order valence-corrected chi connectivity index (χ4v) is 2.08. The number of amides is 2. The van der Waals surface area contributed by atoms with E-state index in [4.69, 9.17) is 5.73 Å². The number of nitrogens with one attached hydrogen (secondary N) is 1. The van der Waals surface area contributed by atoms with Gasteiger partial charge in [-0.3, -0.25) is 0 Å². The average molecular weight is 261 g/mol. The standard InChI is InChI=1S/C15H23N3O/c1-2-9-18(11-13-3-4-13)15(19)17-14-7-5-12(10-16)6-8-14/h5-8,13H,2-4,9-11,16H2,1H3,(H,17,19). The van der Waals surface area contributed by atoms with Crippen molar-refractivity contribution in [1.82, 2.24) is 4.90 Å². The third-order valence-corrected chi connectivity index (χ3v) is 3.40. The van der Waals surface area contributed by atoms with Crippen LogP contribution in [0, 0.1) is 5.92 Å². The Morgan fingerprint density at radius 3 is 2.58 bits per heavy atom. The maximum absolute atomic E-state index is 12.2. The van der Waals surface area contributed by atoms with Crippen LogP contribution in [0.2, 0.25) is 0 Å². The fourth-order valence-electron chi connectivity index (χ4n) is 2.08. The van der Waals surface area contributed by atoms with Crippen molar-refractivity contribution in [3.8, 4) is 0 Å². The minimum absolute atomic E-state index is 0.00856. The zero-order valence-corrected chi connectivity index (χ0v) is 11.6. The molecule has 1 fully saturated rings. The summed E-state index contributed by atoms with van der Waals surface area (Å²) in [7, 11) is 0. The molecule has 0 radical (unpaired) electrons. The van der Waals surface area contributed by atoms with Crippen molar-refractivity contribution in [2.75, 3.05) is 18.4 Å². The highest BCUT2D eigenvalue weighted by Crippen LogP contribution is 2.29. The first-order chi connectivity index (χ1) is 9.22. The molecular weight excluding hydrogens is 238 g/mol. The van der Waals surface area contributed by atoms with E-state index in [9.17, 15) is 4.79 Å². The largest absolute Gasteiger partial charge is 0.326 e. The Kier molecular flexibility index (Phi) is 4.80. The second kappa shape index (κ2) is 6.57. The molecular formula is C15H23N3O. The molecule has 0 spiro atoms. The number of carbonyl (C=O) groups excluding carboxylic acids is 1. The number of hydrogen-bond acceptors (Lipinski definition) is 2. The third kappa shape index (κ3) is 4.24. The van der Waals surface area contributed by atoms with Gasteiger partial charge in [0.15, 0.2) is 0 Å². The molecule has 0 atom stereocenters. The van der Waals surface area contributed by atoms with Gasteiger partial charge in [0, 0.05) is 25.3 Å². The highest BCUT2D eigenvalue weighted by atomic mass is 16.2. The van der Waals surface area contributed by atoms with Crippen LogP contribution in [0.1, 0.15) is 31.7 Å². The first-order valence-electron chi connectivity index (χ1n) is 7.08. The molecule has 0 heterocycles. The number of anilines is 1. The highest BCUT2D eigenvalue weighted by molar-refractivity contribution is 5.89. The van der Waals surface area contributed by atoms with Gasteiger partial charge in [-0.1, -0.05) is 19.1 Å². The molecule has 0 unspecified atom stereocenters. The van der Waals surface area contributed by atoms with E-state index in [1.54, 1.807) is 0 Å². The molecule has 104 valence electrons. The van der Waals surface area contributed by atoms with E-state index in [1.807, 2.05) is 29.2 Å². The maximum Gasteiger partial charge on any atom is 0.321 e. The molecule has 1 saturated carbocycles. The molecule has 1 aliphatic carbocycles. The molecule has 4 nitrogen and oxygen atoms in total. The molecule has 1 aromatic rings. The summed E-state index contributed by atoms with van der Waals surface area (Å²) in [5.41, 5.74) is 7.46. The smallest absolute Gasteiger partial charge is 0.321 e. The van der Waals surface area contributed by atoms with Gasteiger partial charge in [0.1, 0.15) is 0 Å². The predicted octanol–water partition coefficient (Wildman–Crippen LogP) is 2.80. The van der Waals surface area contributed by atoms with Crippen molar-refractivity contribution in [2.45, 2.75) is 32.7 Å². The van der Waals surface area contributed by atoms with Crippen LogP contribution in [0.25, 0.3) is 0 Å². The van der Waals surface area contributed by atoms with Crippen molar-refractivity contribution in [3.63, 3.8) is 0 Å². The molecule has 1 aliphatic rings. The second-order valence-electron chi connectivity index (χ2n) is 5.22. The maximum atomic E-state index is 12.2. The van der Waals surface area contributed by atoms with Crippen LogP contribution in [-0.2, 0) is 6.54 Å². The molecule has 2 amide bonds. The number of carbonyl (C=O) groups is 1. The van der Waals surface area contributed by atoms with Gasteiger partial charge in [-0.2, -0.15) is 0 Å². The lowest BCUT2D eigenvalue weighted by Crippen LogP contribution is -2.37. The zero-order valence-electron chi connectivity index (χ0n) is 11.6. The van der Waals surface area contributed by atoms with Crippen molar-refractivity contribution in [1.29, 1.82) is 0 Å². The first-order valence-corrected chi connectivity index (χ1v) is 7.08. The minimum Gasteiger partial charge on any atom is -0.326 e. The van der Waals surface area contributed by atoms with Crippen LogP contribution in [0.4, 0.5) is 10.5 Å². The third-order valence-electron chi connectivity index (χ3n) is 3.40. The van der Waals surface area contributed by atoms with Crippen LogP contribution in [0.15, 0.2) is 24.3 Å². The zero-order chi connectivity index (χ0) is 13.7. The Balaban J connectivity index is 1.92. The Hall–Kier alpha value is -1.55. The molecule has 0 aliphatic heterocycles. The topological polar surface area (TPSA) is 58.4 Å². The van der Waals surface area contributed by atoms with Crippen molar-refractivity contribution in [3.05, 3.63) is 29.8 Å². The molecule has 1 aromatic carbocycles. The van der Waals surface area contributed by atoms with E-state index in [1.165, 1.54) is 12.8 Å². The quantitative estimate of drug-likeness (QED) is 0.827. The Labute approximate surface area is 115 Å². The van der Waals surface area contributed by atoms with E-state index in [-0.39, 0.29) is 6.03 Å². The summed E-state index contributed by atoms with van der Waals surface area (Å²) < 4.78 is 0. The Bertz CT molecular complexity index is 412. The van der Waals surface area contributed by atoms with Crippen LogP contribution in [0.5, 0.6) is 0 Å². The number of benzene rings is 1. The van der Waals surface area contributed by atoms with Crippen LogP contribution < -0.4 is 11.1 Å². The molecule has 3 N–H and O–H groups in total. The number of urea groups is 1. The summed E-state index contributed by atoms with van der Waals surface area (Å²) in [4.78, 5) is 14.1. The summed E-state index contributed by atoms with van der Waals surface area (Å²) in [6.45, 7) is 4.34. The van der Waals surface area contributed by atoms with Gasteiger partial charge in [-0.05, 0) is 42.9 Å². The summed E-state index contributed by atoms with van der Waals surface area (Å²) in [5, 5.41) is 2.96. The van der Waals surface area contributed by atoms with E-state index >= 15 is 0 Å². The highest BCUT2D eigenvalue weighted by Gasteiger charge is 2.26. The molecule has 4 heteroatoms. The van der Waals surface area contributed by atoms with Gasteiger partial charge >= 0.3 is 6.03 Å². The van der Waals surface area contributed by atoms with Crippen molar-refractivity contribution >= 4 is 11.7 Å². The van der Waals surface area contributed by atoms with Crippen molar-refractivity contribution < 1.29 is 4.79 Å². The molecule has 0 bridgehead atoms. The van der Waals surface area contributed by atoms with E-state index in [0.717, 1.165) is 36.7 Å². The SMILES string of the molecule is CCCN(CC1CC1)C(=O)Nc1ccc(CN)cc1. The van der Waals surface area contributed by atoms with Gasteiger partial charge in [-0.15, -0.1) is 0 Å². The number of nitrogens with zero attached hydrogens (tertiary/aromatic N) is 1. The van der Waals surface area contributed by atoms with Crippen molar-refractivity contribution in [2.24, 2.45) is 11.7 Å². The monoisotopic (exact) mass is 261 g/mol. The first kappa shape index (κ1) is 13.9. The summed E-state index contributed by atoms with van der Waals surface area (Å²) in [6.07, 6.45) is 3.52. The van der Waals surface area contributed by atoms with Gasteiger partial charge in [0.25, 0.3) is 0 Å². The molecule has 19 heavy (non-hydrogen) atoms. The Morgan fingerprint density at radius 2 is 2.05 bits per heavy atom. The van der Waals surface area contributed by atoms with Crippen LogP contribution in [0.3, 0.4) is 0 Å². The van der Waals surface area contributed by atoms with Gasteiger partial charge in [-0.25, -0.2) is 4.79 Å². The number of rotatable bonds is 6. The predicted molar refractivity (Wildman–Crippen MR) is 77.9 cm³/mol. The van der Waals surface area contributed by atoms with Gasteiger partial charge < -0.3 is 16.0 Å². The number of nitrogens with two attached hydrogens (primary N) is 1. The molecule has 0 aromatic heterocycles. The van der Waals surface area contributed by atoms with Crippen LogP contribution in [-0.4, -0.2) is 24.0 Å². The number of hydrogen-bond donors (Lipinski definition) is 2. The summed E-state index contributed by atoms with van der Waals surface area (Å²) >= 11 is 0. The van der Waals surface area contributed by atoms with Crippen LogP contribution >= 0.6 is 0 Å². The lowest BCUT2D eigenvalue weighted by atomic mass is 10.2.